The van der Waals surface area contributed by atoms with Crippen LogP contribution < -0.4 is 11.3 Å². The van der Waals surface area contributed by atoms with Gasteiger partial charge in [-0.2, -0.15) is 0 Å². The first kappa shape index (κ1) is 13.7. The molecule has 7 heteroatoms. The van der Waals surface area contributed by atoms with Crippen LogP contribution in [0.1, 0.15) is 10.4 Å². The Bertz CT molecular complexity index is 432. The number of nitrogen functional groups attached to an aromatic ring is 1. The summed E-state index contributed by atoms with van der Waals surface area (Å²) in [4.78, 5) is 20.3. The Kier molecular flexibility index (Phi) is 4.67. The second-order valence-electron chi connectivity index (χ2n) is 4.40. The number of nitrogens with zero attached hydrogens (tertiary/aromatic N) is 3. The maximum Gasteiger partial charge on any atom is 0.257 e. The monoisotopic (exact) mass is 265 g/mol. The number of hydrogen-bond acceptors (Lipinski definition) is 6. The fraction of sp³-hybridized carbons (Fsp3) is 0.500. The van der Waals surface area contributed by atoms with Crippen molar-refractivity contribution in [2.45, 2.75) is 0 Å². The minimum atomic E-state index is -0.0651. The van der Waals surface area contributed by atoms with Gasteiger partial charge in [-0.05, 0) is 12.1 Å². The number of carbonyl (C=O) groups is 1. The van der Waals surface area contributed by atoms with Crippen molar-refractivity contribution in [2.75, 3.05) is 44.8 Å². The van der Waals surface area contributed by atoms with Crippen LogP contribution in [0.2, 0.25) is 0 Å². The van der Waals surface area contributed by atoms with Crippen molar-refractivity contribution >= 4 is 11.7 Å². The first-order chi connectivity index (χ1) is 9.26. The molecule has 0 spiro atoms. The molecule has 0 aliphatic carbocycles. The molecule has 0 radical (unpaired) electrons. The van der Waals surface area contributed by atoms with Crippen LogP contribution in [-0.2, 0) is 0 Å². The first-order valence-corrected chi connectivity index (χ1v) is 6.30. The van der Waals surface area contributed by atoms with Crippen LogP contribution >= 0.6 is 0 Å². The number of carbonyl (C=O) groups excluding carboxylic acids is 1. The number of hydrazine groups is 1. The third-order valence-electron chi connectivity index (χ3n) is 3.25. The number of hydrogen-bond donors (Lipinski definition) is 3. The molecule has 1 aliphatic rings. The van der Waals surface area contributed by atoms with Crippen molar-refractivity contribution < 1.29 is 9.90 Å². The van der Waals surface area contributed by atoms with Gasteiger partial charge in [0, 0.05) is 38.9 Å². The second-order valence-corrected chi connectivity index (χ2v) is 4.40. The topological polar surface area (TPSA) is 94.7 Å². The molecule has 104 valence electrons. The zero-order valence-corrected chi connectivity index (χ0v) is 10.7. The number of anilines is 1. The quantitative estimate of drug-likeness (QED) is 0.483. The van der Waals surface area contributed by atoms with E-state index in [9.17, 15) is 4.79 Å². The van der Waals surface area contributed by atoms with Crippen LogP contribution in [0.5, 0.6) is 0 Å². The minimum absolute atomic E-state index is 0.0651. The van der Waals surface area contributed by atoms with Crippen molar-refractivity contribution in [1.82, 2.24) is 14.8 Å². The van der Waals surface area contributed by atoms with Gasteiger partial charge in [-0.25, -0.2) is 10.8 Å². The Balaban J connectivity index is 2.01. The van der Waals surface area contributed by atoms with Gasteiger partial charge in [0.1, 0.15) is 0 Å². The average Bonchev–Trinajstić information content (AvgIpc) is 2.47. The molecule has 1 fully saturated rings. The highest BCUT2D eigenvalue weighted by Crippen LogP contribution is 2.14. The number of pyridine rings is 1. The first-order valence-electron chi connectivity index (χ1n) is 6.30. The summed E-state index contributed by atoms with van der Waals surface area (Å²) in [6.45, 7) is 3.66. The van der Waals surface area contributed by atoms with Crippen LogP contribution in [0.25, 0.3) is 0 Å². The predicted molar refractivity (Wildman–Crippen MR) is 71.5 cm³/mol. The molecule has 1 saturated heterocycles. The summed E-state index contributed by atoms with van der Waals surface area (Å²) in [6, 6.07) is 3.43. The van der Waals surface area contributed by atoms with Gasteiger partial charge in [0.15, 0.2) is 5.82 Å². The van der Waals surface area contributed by atoms with Crippen LogP contribution in [0.3, 0.4) is 0 Å². The van der Waals surface area contributed by atoms with Gasteiger partial charge in [-0.1, -0.05) is 0 Å². The number of rotatable bonds is 4. The van der Waals surface area contributed by atoms with E-state index in [0.29, 0.717) is 31.0 Å². The lowest BCUT2D eigenvalue weighted by Crippen LogP contribution is -2.49. The van der Waals surface area contributed by atoms with Gasteiger partial charge in [-0.15, -0.1) is 0 Å². The van der Waals surface area contributed by atoms with Crippen molar-refractivity contribution in [2.24, 2.45) is 5.84 Å². The van der Waals surface area contributed by atoms with E-state index in [-0.39, 0.29) is 12.5 Å². The summed E-state index contributed by atoms with van der Waals surface area (Å²) >= 11 is 0. The summed E-state index contributed by atoms with van der Waals surface area (Å²) < 4.78 is 0. The lowest BCUT2D eigenvalue weighted by Gasteiger charge is -2.34. The number of nitrogens with one attached hydrogen (secondary N) is 1. The molecule has 1 aliphatic heterocycles. The Morgan fingerprint density at radius 2 is 2.16 bits per heavy atom. The van der Waals surface area contributed by atoms with Crippen molar-refractivity contribution in [3.8, 4) is 0 Å². The highest BCUT2D eigenvalue weighted by atomic mass is 16.3. The number of aliphatic hydroxyl groups excluding tert-OH is 1. The number of aromatic nitrogens is 1. The van der Waals surface area contributed by atoms with Crippen molar-refractivity contribution in [3.63, 3.8) is 0 Å². The van der Waals surface area contributed by atoms with E-state index in [4.69, 9.17) is 10.9 Å². The summed E-state index contributed by atoms with van der Waals surface area (Å²) in [6.07, 6.45) is 1.59. The largest absolute Gasteiger partial charge is 0.395 e. The van der Waals surface area contributed by atoms with E-state index < -0.39 is 0 Å². The molecular formula is C12H19N5O2. The van der Waals surface area contributed by atoms with Crippen LogP contribution in [0, 0.1) is 0 Å². The molecule has 19 heavy (non-hydrogen) atoms. The molecule has 0 unspecified atom stereocenters. The number of nitrogens with two attached hydrogens (primary N) is 1. The summed E-state index contributed by atoms with van der Waals surface area (Å²) in [5, 5.41) is 8.89. The third-order valence-corrected chi connectivity index (χ3v) is 3.25. The van der Waals surface area contributed by atoms with E-state index in [1.165, 1.54) is 0 Å². The van der Waals surface area contributed by atoms with E-state index in [1.54, 1.807) is 23.2 Å². The molecule has 2 heterocycles. The maximum atomic E-state index is 12.4. The van der Waals surface area contributed by atoms with Crippen LogP contribution in [0.4, 0.5) is 5.82 Å². The molecule has 0 aromatic carbocycles. The van der Waals surface area contributed by atoms with Crippen molar-refractivity contribution in [3.05, 3.63) is 23.9 Å². The number of aliphatic hydroxyl groups is 1. The van der Waals surface area contributed by atoms with E-state index in [1.807, 2.05) is 0 Å². The second kappa shape index (κ2) is 6.46. The standard InChI is InChI=1S/C12H19N5O2/c13-15-11-10(2-1-3-14-11)12(19)17-6-4-16(5-7-17)8-9-18/h1-3,18H,4-9,13H2,(H,14,15). The molecule has 2 rings (SSSR count). The zero-order chi connectivity index (χ0) is 13.7. The number of amides is 1. The third kappa shape index (κ3) is 3.19. The molecule has 1 amide bonds. The molecule has 0 atom stereocenters. The zero-order valence-electron chi connectivity index (χ0n) is 10.7. The minimum Gasteiger partial charge on any atom is -0.395 e. The normalized spacial score (nSPS) is 16.4. The van der Waals surface area contributed by atoms with Gasteiger partial charge < -0.3 is 15.4 Å². The molecular weight excluding hydrogens is 246 g/mol. The summed E-state index contributed by atoms with van der Waals surface area (Å²) in [7, 11) is 0. The van der Waals surface area contributed by atoms with Gasteiger partial charge >= 0.3 is 0 Å². The van der Waals surface area contributed by atoms with Crippen molar-refractivity contribution in [1.29, 1.82) is 0 Å². The average molecular weight is 265 g/mol. The fourth-order valence-corrected chi connectivity index (χ4v) is 2.18. The fourth-order valence-electron chi connectivity index (χ4n) is 2.18. The molecule has 4 N–H and O–H groups in total. The molecule has 1 aromatic rings. The van der Waals surface area contributed by atoms with Crippen LogP contribution in [0.15, 0.2) is 18.3 Å². The molecule has 0 saturated carbocycles. The van der Waals surface area contributed by atoms with E-state index >= 15 is 0 Å². The number of piperazine rings is 1. The van der Waals surface area contributed by atoms with Crippen LogP contribution in [-0.4, -0.2) is 65.1 Å². The summed E-state index contributed by atoms with van der Waals surface area (Å²) in [5.74, 6) is 5.69. The molecule has 1 aromatic heterocycles. The SMILES string of the molecule is NNc1ncccc1C(=O)N1CCN(CCO)CC1. The molecule has 7 nitrogen and oxygen atoms in total. The summed E-state index contributed by atoms with van der Waals surface area (Å²) in [5.41, 5.74) is 2.93. The Hall–Kier alpha value is -1.70. The lowest BCUT2D eigenvalue weighted by atomic mass is 10.2. The Morgan fingerprint density at radius 3 is 2.79 bits per heavy atom. The molecule has 0 bridgehead atoms. The van der Waals surface area contributed by atoms with E-state index in [2.05, 4.69) is 15.3 Å². The smallest absolute Gasteiger partial charge is 0.257 e. The Morgan fingerprint density at radius 1 is 1.42 bits per heavy atom. The van der Waals surface area contributed by atoms with Gasteiger partial charge in [0.25, 0.3) is 5.91 Å². The van der Waals surface area contributed by atoms with Gasteiger partial charge in [0.05, 0.1) is 12.2 Å². The maximum absolute atomic E-state index is 12.4. The van der Waals surface area contributed by atoms with Gasteiger partial charge in [0.2, 0.25) is 0 Å². The highest BCUT2D eigenvalue weighted by Gasteiger charge is 2.23. The van der Waals surface area contributed by atoms with Gasteiger partial charge in [-0.3, -0.25) is 9.69 Å². The Labute approximate surface area is 112 Å². The predicted octanol–water partition coefficient (Wildman–Crippen LogP) is -0.883. The van der Waals surface area contributed by atoms with E-state index in [0.717, 1.165) is 13.1 Å². The highest BCUT2D eigenvalue weighted by molar-refractivity contribution is 5.98. The number of β-amino-alcohol motifs (C(OH)–C–C–N with tert-alkyl or cyclic N) is 1. The lowest BCUT2D eigenvalue weighted by molar-refractivity contribution is 0.0615.